The summed E-state index contributed by atoms with van der Waals surface area (Å²) in [6.45, 7) is 0. The van der Waals surface area contributed by atoms with Crippen LogP contribution in [0.15, 0.2) is 211 Å². The number of rotatable bonds is 6. The normalized spacial score (nSPS) is 12.1. The van der Waals surface area contributed by atoms with Crippen molar-refractivity contribution >= 4 is 94.5 Å². The summed E-state index contributed by atoms with van der Waals surface area (Å²) in [5.74, 6) is 0.769. The van der Waals surface area contributed by atoms with Crippen LogP contribution < -0.4 is 20.9 Å². The number of furan rings is 1. The van der Waals surface area contributed by atoms with Crippen molar-refractivity contribution in [2.75, 3.05) is 0 Å². The monoisotopic (exact) mass is 758 g/mol. The van der Waals surface area contributed by atoms with E-state index in [4.69, 9.17) is 14.4 Å². The molecule has 0 fully saturated rings. The number of para-hydroxylation sites is 5. The third kappa shape index (κ3) is 4.63. The molecule has 0 saturated heterocycles. The second-order valence-electron chi connectivity index (χ2n) is 14.9. The molecule has 0 aliphatic carbocycles. The Bertz CT molecular complexity index is 3420. The molecule has 0 aliphatic rings. The topological polar surface area (TPSA) is 48.8 Å². The van der Waals surface area contributed by atoms with Gasteiger partial charge in [-0.05, 0) is 58.0 Å². The molecule has 12 rings (SSSR count). The number of fused-ring (bicyclic) bond motifs is 9. The minimum absolute atomic E-state index is 0.769. The van der Waals surface area contributed by atoms with E-state index in [0.717, 1.165) is 60.4 Å². The molecule has 0 atom stereocenters. The SMILES string of the molecule is c1ccc([Si](c2ccccc2)(c2cnc(-n3c4ccccc4c4cc(-n5c6ccccc6c6ccccc65)ccc43)cn2)c2cccc3c2oc2ccccc23)cc1. The second-order valence-corrected chi connectivity index (χ2v) is 18.7. The third-order valence-electron chi connectivity index (χ3n) is 12.0. The quantitative estimate of drug-likeness (QED) is 0.125. The number of nitrogens with zero attached hydrogens (tertiary/aromatic N) is 4. The number of hydrogen-bond acceptors (Lipinski definition) is 3. The minimum Gasteiger partial charge on any atom is -0.456 e. The molecule has 0 bridgehead atoms. The standard InChI is InChI=1S/C52H34N4OSi/c1-3-16-36(17-4-1)58(37-18-5-2-6-19-37,49-29-15-24-42-41-23-10-14-28-48(41)57-52(42)49)51-34-53-50(33-54-51)56-46-27-13-9-22-40(46)43-32-35(30-31-47(43)56)55-44-25-11-7-20-38(44)39-21-8-12-26-45(39)55/h1-34H. The first-order chi connectivity index (χ1) is 28.8. The van der Waals surface area contributed by atoms with Crippen LogP contribution in [0.4, 0.5) is 0 Å². The van der Waals surface area contributed by atoms with E-state index in [1.54, 1.807) is 0 Å². The van der Waals surface area contributed by atoms with Gasteiger partial charge >= 0.3 is 0 Å². The van der Waals surface area contributed by atoms with Crippen LogP contribution in [0.5, 0.6) is 0 Å². The van der Waals surface area contributed by atoms with Gasteiger partial charge in [0, 0.05) is 44.2 Å². The number of hydrogen-bond donors (Lipinski definition) is 0. The van der Waals surface area contributed by atoms with Crippen molar-refractivity contribution in [3.05, 3.63) is 207 Å². The lowest BCUT2D eigenvalue weighted by Crippen LogP contribution is -2.75. The van der Waals surface area contributed by atoms with Gasteiger partial charge in [0.2, 0.25) is 8.07 Å². The lowest BCUT2D eigenvalue weighted by atomic mass is 10.1. The molecule has 0 spiro atoms. The first-order valence-electron chi connectivity index (χ1n) is 19.7. The van der Waals surface area contributed by atoms with Gasteiger partial charge in [-0.3, -0.25) is 9.55 Å². The van der Waals surface area contributed by atoms with Crippen molar-refractivity contribution in [3.8, 4) is 11.5 Å². The first-order valence-corrected chi connectivity index (χ1v) is 21.7. The van der Waals surface area contributed by atoms with Crippen LogP contribution in [0.1, 0.15) is 0 Å². The number of benzene rings is 8. The molecule has 0 aliphatic heterocycles. The summed E-state index contributed by atoms with van der Waals surface area (Å²) < 4.78 is 11.4. The van der Waals surface area contributed by atoms with Crippen LogP contribution in [-0.4, -0.2) is 27.2 Å². The van der Waals surface area contributed by atoms with Crippen LogP contribution in [0.2, 0.25) is 0 Å². The highest BCUT2D eigenvalue weighted by Gasteiger charge is 2.45. The lowest BCUT2D eigenvalue weighted by Gasteiger charge is -2.32. The van der Waals surface area contributed by atoms with Gasteiger partial charge in [0.1, 0.15) is 11.2 Å². The largest absolute Gasteiger partial charge is 0.456 e. The molecule has 8 aromatic carbocycles. The van der Waals surface area contributed by atoms with Crippen molar-refractivity contribution in [1.82, 2.24) is 19.1 Å². The maximum atomic E-state index is 6.80. The van der Waals surface area contributed by atoms with E-state index >= 15 is 0 Å². The third-order valence-corrected chi connectivity index (χ3v) is 16.6. The lowest BCUT2D eigenvalue weighted by molar-refractivity contribution is 0.671. The summed E-state index contributed by atoms with van der Waals surface area (Å²) in [5.41, 5.74) is 7.44. The van der Waals surface area contributed by atoms with Crippen LogP contribution in [0, 0.1) is 0 Å². The van der Waals surface area contributed by atoms with E-state index in [1.165, 1.54) is 37.6 Å². The molecule has 272 valence electrons. The molecule has 0 amide bonds. The van der Waals surface area contributed by atoms with Gasteiger partial charge in [0.05, 0.1) is 33.6 Å². The van der Waals surface area contributed by atoms with Crippen molar-refractivity contribution in [1.29, 1.82) is 0 Å². The summed E-state index contributed by atoms with van der Waals surface area (Å²) in [5, 5.41) is 11.6. The van der Waals surface area contributed by atoms with Gasteiger partial charge < -0.3 is 8.98 Å². The van der Waals surface area contributed by atoms with Crippen LogP contribution in [0.3, 0.4) is 0 Å². The zero-order chi connectivity index (χ0) is 38.2. The van der Waals surface area contributed by atoms with Gasteiger partial charge in [-0.2, -0.15) is 0 Å². The molecule has 0 unspecified atom stereocenters. The van der Waals surface area contributed by atoms with Crippen molar-refractivity contribution in [2.45, 2.75) is 0 Å². The highest BCUT2D eigenvalue weighted by Crippen LogP contribution is 2.36. The van der Waals surface area contributed by atoms with Crippen molar-refractivity contribution in [2.24, 2.45) is 0 Å². The van der Waals surface area contributed by atoms with Gasteiger partial charge in [-0.15, -0.1) is 0 Å². The molecule has 0 N–H and O–H groups in total. The Morgan fingerprint density at radius 1 is 0.397 bits per heavy atom. The van der Waals surface area contributed by atoms with Gasteiger partial charge in [0.25, 0.3) is 0 Å². The Hall–Kier alpha value is -7.54. The maximum Gasteiger partial charge on any atom is 0.207 e. The highest BCUT2D eigenvalue weighted by molar-refractivity contribution is 7.20. The van der Waals surface area contributed by atoms with Crippen molar-refractivity contribution < 1.29 is 4.42 Å². The van der Waals surface area contributed by atoms with Gasteiger partial charge in [0.15, 0.2) is 5.82 Å². The fraction of sp³-hybridized carbons (Fsp3) is 0. The predicted molar refractivity (Wildman–Crippen MR) is 242 cm³/mol. The van der Waals surface area contributed by atoms with E-state index in [9.17, 15) is 0 Å². The average Bonchev–Trinajstić information content (AvgIpc) is 3.96. The second kappa shape index (κ2) is 12.7. The van der Waals surface area contributed by atoms with Crippen LogP contribution in [-0.2, 0) is 0 Å². The summed E-state index contributed by atoms with van der Waals surface area (Å²) in [7, 11) is -3.11. The molecule has 12 aromatic rings. The molecule has 5 nitrogen and oxygen atoms in total. The van der Waals surface area contributed by atoms with E-state index in [1.807, 2.05) is 18.5 Å². The van der Waals surface area contributed by atoms with E-state index in [-0.39, 0.29) is 0 Å². The molecule has 58 heavy (non-hydrogen) atoms. The molecular formula is C52H34N4OSi. The fourth-order valence-corrected chi connectivity index (χ4v) is 14.1. The molecule has 4 aromatic heterocycles. The Kier molecular flexibility index (Phi) is 7.18. The zero-order valence-corrected chi connectivity index (χ0v) is 32.3. The van der Waals surface area contributed by atoms with E-state index < -0.39 is 8.07 Å². The highest BCUT2D eigenvalue weighted by atomic mass is 28.3. The first kappa shape index (κ1) is 32.7. The fourth-order valence-electron chi connectivity index (χ4n) is 9.51. The van der Waals surface area contributed by atoms with Gasteiger partial charge in [-0.1, -0.05) is 152 Å². The summed E-state index contributed by atoms with van der Waals surface area (Å²) in [6, 6.07) is 69.3. The summed E-state index contributed by atoms with van der Waals surface area (Å²) in [4.78, 5) is 10.8. The summed E-state index contributed by atoms with van der Waals surface area (Å²) >= 11 is 0. The molecule has 6 heteroatoms. The molecular weight excluding hydrogens is 725 g/mol. The maximum absolute atomic E-state index is 6.80. The summed E-state index contributed by atoms with van der Waals surface area (Å²) in [6.07, 6.45) is 3.99. The molecule has 4 heterocycles. The van der Waals surface area contributed by atoms with Crippen LogP contribution in [0.25, 0.3) is 77.1 Å². The Balaban J connectivity index is 1.08. The minimum atomic E-state index is -3.11. The molecule has 0 saturated carbocycles. The molecule has 0 radical (unpaired) electrons. The van der Waals surface area contributed by atoms with Crippen molar-refractivity contribution in [3.63, 3.8) is 0 Å². The Morgan fingerprint density at radius 2 is 0.931 bits per heavy atom. The number of aromatic nitrogens is 4. The zero-order valence-electron chi connectivity index (χ0n) is 31.3. The average molecular weight is 759 g/mol. The van der Waals surface area contributed by atoms with E-state index in [0.29, 0.717) is 0 Å². The van der Waals surface area contributed by atoms with Gasteiger partial charge in [-0.25, -0.2) is 4.98 Å². The van der Waals surface area contributed by atoms with Crippen LogP contribution >= 0.6 is 0 Å². The Morgan fingerprint density at radius 3 is 1.57 bits per heavy atom. The van der Waals surface area contributed by atoms with E-state index in [2.05, 4.69) is 197 Å². The Labute approximate surface area is 334 Å². The predicted octanol–water partition coefficient (Wildman–Crippen LogP) is 9.95. The smallest absolute Gasteiger partial charge is 0.207 e.